The third kappa shape index (κ3) is 2.44. The van der Waals surface area contributed by atoms with Gasteiger partial charge in [-0.15, -0.1) is 0 Å². The number of hydrogen-bond acceptors (Lipinski definition) is 4. The predicted octanol–water partition coefficient (Wildman–Crippen LogP) is 1.89. The second-order valence-corrected chi connectivity index (χ2v) is 8.20. The van der Waals surface area contributed by atoms with Crippen LogP contribution in [0.15, 0.2) is 18.2 Å². The molecule has 110 valence electrons. The summed E-state index contributed by atoms with van der Waals surface area (Å²) in [4.78, 5) is 2.21. The van der Waals surface area contributed by atoms with Gasteiger partial charge in [0, 0.05) is 12.1 Å². The van der Waals surface area contributed by atoms with Gasteiger partial charge in [0.25, 0.3) is 0 Å². The Morgan fingerprint density at radius 1 is 1.30 bits per heavy atom. The van der Waals surface area contributed by atoms with E-state index in [1.54, 1.807) is 6.07 Å². The molecular weight excluding hydrogens is 274 g/mol. The fraction of sp³-hybridized carbons (Fsp3) is 0.600. The Kier molecular flexibility index (Phi) is 3.50. The van der Waals surface area contributed by atoms with Gasteiger partial charge in [0.2, 0.25) is 0 Å². The van der Waals surface area contributed by atoms with Crippen LogP contribution >= 0.6 is 0 Å². The SMILES string of the molecule is CN(C1CCS(=O)(=O)C1)C1CCCc2c(O)cccc21. The van der Waals surface area contributed by atoms with Crippen LogP contribution < -0.4 is 0 Å². The molecule has 1 aliphatic carbocycles. The Labute approximate surface area is 120 Å². The molecule has 1 saturated heterocycles. The van der Waals surface area contributed by atoms with Crippen molar-refractivity contribution in [1.82, 2.24) is 4.90 Å². The molecule has 1 aromatic carbocycles. The van der Waals surface area contributed by atoms with Crippen molar-refractivity contribution in [2.75, 3.05) is 18.6 Å². The van der Waals surface area contributed by atoms with E-state index in [0.29, 0.717) is 11.5 Å². The molecule has 20 heavy (non-hydrogen) atoms. The molecule has 1 fully saturated rings. The second kappa shape index (κ2) is 5.04. The lowest BCUT2D eigenvalue weighted by molar-refractivity contribution is 0.170. The van der Waals surface area contributed by atoms with Crippen LogP contribution in [0.1, 0.15) is 36.4 Å². The highest BCUT2D eigenvalue weighted by Crippen LogP contribution is 2.39. The quantitative estimate of drug-likeness (QED) is 0.905. The minimum absolute atomic E-state index is 0.110. The second-order valence-electron chi connectivity index (χ2n) is 5.98. The molecule has 0 radical (unpaired) electrons. The lowest BCUT2D eigenvalue weighted by Gasteiger charge is -2.36. The topological polar surface area (TPSA) is 57.6 Å². The summed E-state index contributed by atoms with van der Waals surface area (Å²) in [6.45, 7) is 0. The smallest absolute Gasteiger partial charge is 0.151 e. The molecule has 4 nitrogen and oxygen atoms in total. The zero-order chi connectivity index (χ0) is 14.3. The van der Waals surface area contributed by atoms with Crippen LogP contribution in [0.3, 0.4) is 0 Å². The van der Waals surface area contributed by atoms with Gasteiger partial charge in [-0.25, -0.2) is 8.42 Å². The molecule has 5 heteroatoms. The Hall–Kier alpha value is -1.07. The molecule has 0 aromatic heterocycles. The van der Waals surface area contributed by atoms with Gasteiger partial charge in [-0.2, -0.15) is 0 Å². The first-order chi connectivity index (χ1) is 9.48. The van der Waals surface area contributed by atoms with Crippen molar-refractivity contribution in [3.8, 4) is 5.75 Å². The molecule has 1 aliphatic heterocycles. The van der Waals surface area contributed by atoms with E-state index in [-0.39, 0.29) is 17.8 Å². The van der Waals surface area contributed by atoms with Crippen molar-refractivity contribution in [1.29, 1.82) is 0 Å². The number of nitrogens with zero attached hydrogens (tertiary/aromatic N) is 1. The molecule has 0 amide bonds. The third-order valence-electron chi connectivity index (χ3n) is 4.73. The number of sulfone groups is 1. The van der Waals surface area contributed by atoms with Crippen LogP contribution in [0.25, 0.3) is 0 Å². The normalized spacial score (nSPS) is 28.5. The molecule has 2 aliphatic rings. The van der Waals surface area contributed by atoms with E-state index in [1.165, 1.54) is 5.56 Å². The summed E-state index contributed by atoms with van der Waals surface area (Å²) in [5.41, 5.74) is 2.21. The highest BCUT2D eigenvalue weighted by molar-refractivity contribution is 7.91. The molecule has 0 spiro atoms. The molecule has 1 heterocycles. The molecule has 1 N–H and O–H groups in total. The van der Waals surface area contributed by atoms with E-state index in [0.717, 1.165) is 31.2 Å². The van der Waals surface area contributed by atoms with Gasteiger partial charge in [-0.1, -0.05) is 12.1 Å². The molecule has 3 rings (SSSR count). The maximum Gasteiger partial charge on any atom is 0.151 e. The summed E-state index contributed by atoms with van der Waals surface area (Å²) < 4.78 is 23.3. The number of phenols is 1. The standard InChI is InChI=1S/C15H21NO3S/c1-16(11-8-9-20(18,19)10-11)14-6-2-5-13-12(14)4-3-7-15(13)17/h3-4,7,11,14,17H,2,5-6,8-10H2,1H3. The van der Waals surface area contributed by atoms with Gasteiger partial charge < -0.3 is 5.11 Å². The van der Waals surface area contributed by atoms with Crippen molar-refractivity contribution in [2.24, 2.45) is 0 Å². The summed E-state index contributed by atoms with van der Waals surface area (Å²) in [6, 6.07) is 6.02. The molecule has 0 saturated carbocycles. The Morgan fingerprint density at radius 2 is 2.10 bits per heavy atom. The van der Waals surface area contributed by atoms with Gasteiger partial charge in [0.15, 0.2) is 9.84 Å². The van der Waals surface area contributed by atoms with Crippen molar-refractivity contribution in [2.45, 2.75) is 37.8 Å². The monoisotopic (exact) mass is 295 g/mol. The van der Waals surface area contributed by atoms with Gasteiger partial charge in [-0.3, -0.25) is 4.90 Å². The van der Waals surface area contributed by atoms with Gasteiger partial charge in [0.1, 0.15) is 5.75 Å². The number of phenolic OH excluding ortho intramolecular Hbond substituents is 1. The molecule has 2 unspecified atom stereocenters. The van der Waals surface area contributed by atoms with Crippen LogP contribution in [0.5, 0.6) is 5.75 Å². The number of aromatic hydroxyl groups is 1. The van der Waals surface area contributed by atoms with Gasteiger partial charge >= 0.3 is 0 Å². The number of hydrogen-bond donors (Lipinski definition) is 1. The number of fused-ring (bicyclic) bond motifs is 1. The summed E-state index contributed by atoms with van der Waals surface area (Å²) in [5.74, 6) is 0.954. The molecular formula is C15H21NO3S. The number of rotatable bonds is 2. The van der Waals surface area contributed by atoms with Crippen molar-refractivity contribution >= 4 is 9.84 Å². The predicted molar refractivity (Wildman–Crippen MR) is 78.6 cm³/mol. The largest absolute Gasteiger partial charge is 0.508 e. The van der Waals surface area contributed by atoms with E-state index in [1.807, 2.05) is 13.1 Å². The first kappa shape index (κ1) is 13.9. The first-order valence-corrected chi connectivity index (χ1v) is 9.03. The summed E-state index contributed by atoms with van der Waals surface area (Å²) in [7, 11) is -0.833. The van der Waals surface area contributed by atoms with Crippen LogP contribution in [-0.2, 0) is 16.3 Å². The average Bonchev–Trinajstić information content (AvgIpc) is 2.78. The van der Waals surface area contributed by atoms with Crippen LogP contribution in [-0.4, -0.2) is 43.0 Å². The molecule has 2 atom stereocenters. The maximum absolute atomic E-state index is 11.7. The van der Waals surface area contributed by atoms with Crippen LogP contribution in [0.4, 0.5) is 0 Å². The maximum atomic E-state index is 11.7. The van der Waals surface area contributed by atoms with Gasteiger partial charge in [-0.05, 0) is 49.9 Å². The van der Waals surface area contributed by atoms with E-state index < -0.39 is 9.84 Å². The third-order valence-corrected chi connectivity index (χ3v) is 6.48. The Bertz CT molecular complexity index is 612. The van der Waals surface area contributed by atoms with Gasteiger partial charge in [0.05, 0.1) is 11.5 Å². The Morgan fingerprint density at radius 3 is 2.80 bits per heavy atom. The van der Waals surface area contributed by atoms with E-state index >= 15 is 0 Å². The first-order valence-electron chi connectivity index (χ1n) is 7.21. The molecule has 1 aromatic rings. The zero-order valence-corrected chi connectivity index (χ0v) is 12.6. The zero-order valence-electron chi connectivity index (χ0n) is 11.7. The highest BCUT2D eigenvalue weighted by Gasteiger charge is 2.35. The lowest BCUT2D eigenvalue weighted by atomic mass is 9.86. The highest BCUT2D eigenvalue weighted by atomic mass is 32.2. The minimum atomic E-state index is -2.86. The minimum Gasteiger partial charge on any atom is -0.508 e. The van der Waals surface area contributed by atoms with Crippen LogP contribution in [0, 0.1) is 0 Å². The van der Waals surface area contributed by atoms with E-state index in [4.69, 9.17) is 0 Å². The van der Waals surface area contributed by atoms with E-state index in [9.17, 15) is 13.5 Å². The number of benzene rings is 1. The summed E-state index contributed by atoms with van der Waals surface area (Å²) >= 11 is 0. The molecule has 0 bridgehead atoms. The summed E-state index contributed by atoms with van der Waals surface area (Å²) in [5, 5.41) is 9.99. The van der Waals surface area contributed by atoms with E-state index in [2.05, 4.69) is 11.0 Å². The fourth-order valence-electron chi connectivity index (χ4n) is 3.58. The van der Waals surface area contributed by atoms with Crippen molar-refractivity contribution in [3.63, 3.8) is 0 Å². The average molecular weight is 295 g/mol. The van der Waals surface area contributed by atoms with Crippen molar-refractivity contribution < 1.29 is 13.5 Å². The fourth-order valence-corrected chi connectivity index (χ4v) is 5.36. The van der Waals surface area contributed by atoms with Crippen molar-refractivity contribution in [3.05, 3.63) is 29.3 Å². The lowest BCUT2D eigenvalue weighted by Crippen LogP contribution is -2.37. The Balaban J connectivity index is 1.87. The van der Waals surface area contributed by atoms with Crippen LogP contribution in [0.2, 0.25) is 0 Å². The summed E-state index contributed by atoms with van der Waals surface area (Å²) in [6.07, 6.45) is 3.71.